The van der Waals surface area contributed by atoms with Crippen molar-refractivity contribution in [3.63, 3.8) is 0 Å². The van der Waals surface area contributed by atoms with Crippen LogP contribution in [-0.4, -0.2) is 150 Å². The van der Waals surface area contributed by atoms with Gasteiger partial charge >= 0.3 is 0 Å². The number of benzene rings is 4. The lowest BCUT2D eigenvalue weighted by molar-refractivity contribution is -0.136. The Hall–Kier alpha value is -6.91. The van der Waals surface area contributed by atoms with Gasteiger partial charge in [0.2, 0.25) is 17.7 Å². The summed E-state index contributed by atoms with van der Waals surface area (Å²) in [6, 6.07) is 24.7. The quantitative estimate of drug-likeness (QED) is 0.0429. The lowest BCUT2D eigenvalue weighted by Gasteiger charge is -2.27. The molecule has 8 rings (SSSR count). The number of thiazole rings is 1. The van der Waals surface area contributed by atoms with Crippen molar-refractivity contribution >= 4 is 57.6 Å². The van der Waals surface area contributed by atoms with E-state index in [1.807, 2.05) is 79.4 Å². The first-order valence-corrected chi connectivity index (χ1v) is 25.8. The molecule has 0 bridgehead atoms. The summed E-state index contributed by atoms with van der Waals surface area (Å²) >= 11 is 1.43. The lowest BCUT2D eigenvalue weighted by atomic mass is 10.0. The standard InChI is InChI=1S/C55H61N5O14S/c1-36-6-3-4-9-43(36)52(64)59-17-16-39-34-40(10-13-46(39)59)50-37(2)75-55(58-50)57-49(62)33-38-7-5-8-41(32-38)73-30-28-71-26-24-69-22-20-67-18-19-68-21-23-70-25-27-72-29-31-74-42-11-12-44-45(35-42)54(66)60(53(44)65)47-14-15-48(61)56-51(47)63/h3-13,32,34-35,47H,14-31,33H2,1-2H3,(H,56,61,63)(H,57,58,62). The zero-order chi connectivity index (χ0) is 52.5. The van der Waals surface area contributed by atoms with Crippen molar-refractivity contribution < 1.29 is 66.7 Å². The molecule has 19 nitrogen and oxygen atoms in total. The molecule has 2 N–H and O–H groups in total. The molecule has 75 heavy (non-hydrogen) atoms. The van der Waals surface area contributed by atoms with Crippen LogP contribution in [0, 0.1) is 13.8 Å². The largest absolute Gasteiger partial charge is 0.491 e. The first kappa shape index (κ1) is 54.4. The van der Waals surface area contributed by atoms with Crippen LogP contribution >= 0.6 is 11.3 Å². The number of rotatable bonds is 29. The third-order valence-corrected chi connectivity index (χ3v) is 13.3. The van der Waals surface area contributed by atoms with E-state index >= 15 is 0 Å². The molecule has 5 aromatic rings. The van der Waals surface area contributed by atoms with Crippen molar-refractivity contribution in [2.45, 2.75) is 45.6 Å². The molecule has 4 aromatic carbocycles. The molecule has 0 saturated carbocycles. The minimum atomic E-state index is -1.02. The number of nitrogens with zero attached hydrogens (tertiary/aromatic N) is 3. The van der Waals surface area contributed by atoms with Crippen LogP contribution in [0.4, 0.5) is 10.8 Å². The topological polar surface area (TPSA) is 220 Å². The van der Waals surface area contributed by atoms with Crippen LogP contribution in [0.5, 0.6) is 11.5 Å². The molecule has 1 unspecified atom stereocenters. The van der Waals surface area contributed by atoms with Gasteiger partial charge in [0.1, 0.15) is 30.8 Å². The zero-order valence-corrected chi connectivity index (χ0v) is 42.9. The number of fused-ring (bicyclic) bond motifs is 2. The fourth-order valence-corrected chi connectivity index (χ4v) is 9.56. The van der Waals surface area contributed by atoms with Gasteiger partial charge in [-0.05, 0) is 91.9 Å². The van der Waals surface area contributed by atoms with Gasteiger partial charge in [0.25, 0.3) is 17.7 Å². The highest BCUT2D eigenvalue weighted by molar-refractivity contribution is 7.16. The Labute approximate surface area is 438 Å². The minimum Gasteiger partial charge on any atom is -0.491 e. The van der Waals surface area contributed by atoms with Gasteiger partial charge < -0.3 is 48.1 Å². The van der Waals surface area contributed by atoms with Crippen LogP contribution in [-0.2, 0) is 55.6 Å². The van der Waals surface area contributed by atoms with E-state index in [1.54, 1.807) is 6.07 Å². The summed E-state index contributed by atoms with van der Waals surface area (Å²) in [7, 11) is 0. The van der Waals surface area contributed by atoms with Crippen molar-refractivity contribution in [3.05, 3.63) is 123 Å². The van der Waals surface area contributed by atoms with Gasteiger partial charge in [-0.2, -0.15) is 0 Å². The molecule has 4 heterocycles. The molecule has 0 radical (unpaired) electrons. The Morgan fingerprint density at radius 3 is 1.92 bits per heavy atom. The monoisotopic (exact) mass is 1050 g/mol. The van der Waals surface area contributed by atoms with Gasteiger partial charge in [-0.3, -0.25) is 39.0 Å². The Morgan fingerprint density at radius 2 is 1.28 bits per heavy atom. The average Bonchev–Trinajstić information content (AvgIpc) is 4.08. The van der Waals surface area contributed by atoms with Crippen LogP contribution in [0.2, 0.25) is 0 Å². The highest BCUT2D eigenvalue weighted by atomic mass is 32.1. The van der Waals surface area contributed by atoms with Gasteiger partial charge in [0.05, 0.1) is 103 Å². The summed E-state index contributed by atoms with van der Waals surface area (Å²) in [5.41, 5.74) is 6.59. The number of nitrogens with one attached hydrogen (secondary N) is 2. The summed E-state index contributed by atoms with van der Waals surface area (Å²) in [6.07, 6.45) is 1.06. The van der Waals surface area contributed by atoms with Gasteiger partial charge in [-0.15, -0.1) is 11.3 Å². The van der Waals surface area contributed by atoms with Crippen molar-refractivity contribution in [1.82, 2.24) is 15.2 Å². The molecule has 1 fully saturated rings. The van der Waals surface area contributed by atoms with E-state index in [0.717, 1.165) is 49.8 Å². The number of piperidine rings is 1. The second kappa shape index (κ2) is 27.0. The number of carbonyl (C=O) groups excluding carboxylic acids is 6. The average molecular weight is 1050 g/mol. The van der Waals surface area contributed by atoms with Gasteiger partial charge in [0.15, 0.2) is 5.13 Å². The van der Waals surface area contributed by atoms with Gasteiger partial charge in [-0.1, -0.05) is 36.4 Å². The maximum atomic E-state index is 13.4. The van der Waals surface area contributed by atoms with E-state index < -0.39 is 29.7 Å². The number of anilines is 2. The smallest absolute Gasteiger partial charge is 0.262 e. The number of amides is 6. The Morgan fingerprint density at radius 1 is 0.667 bits per heavy atom. The van der Waals surface area contributed by atoms with E-state index in [2.05, 4.69) is 16.7 Å². The van der Waals surface area contributed by atoms with Crippen LogP contribution < -0.4 is 25.0 Å². The molecular weight excluding hydrogens is 987 g/mol. The molecule has 1 atom stereocenters. The van der Waals surface area contributed by atoms with Gasteiger partial charge in [-0.25, -0.2) is 4.98 Å². The first-order valence-electron chi connectivity index (χ1n) is 25.0. The Bertz CT molecular complexity index is 2840. The molecule has 1 saturated heterocycles. The number of hydrogen-bond acceptors (Lipinski definition) is 16. The number of aromatic nitrogens is 1. The number of ether oxygens (including phenoxy) is 8. The van der Waals surface area contributed by atoms with Crippen LogP contribution in [0.25, 0.3) is 11.3 Å². The fourth-order valence-electron chi connectivity index (χ4n) is 8.71. The summed E-state index contributed by atoms with van der Waals surface area (Å²) in [5, 5.41) is 5.67. The number of aryl methyl sites for hydroxylation is 2. The van der Waals surface area contributed by atoms with E-state index in [9.17, 15) is 28.8 Å². The molecule has 0 aliphatic carbocycles. The van der Waals surface area contributed by atoms with E-state index in [1.165, 1.54) is 23.5 Å². The predicted octanol–water partition coefficient (Wildman–Crippen LogP) is 5.77. The maximum absolute atomic E-state index is 13.4. The van der Waals surface area contributed by atoms with Crippen molar-refractivity contribution in [2.75, 3.05) is 109 Å². The SMILES string of the molecule is Cc1ccccc1C(=O)N1CCc2cc(-c3nc(NC(=O)Cc4cccc(OCCOCCOCCOCCOCCOCCOCCOc5ccc6c(c5)C(=O)N(C5CCC(=O)NC5=O)C6=O)c4)sc3C)ccc21. The molecule has 396 valence electrons. The predicted molar refractivity (Wildman–Crippen MR) is 277 cm³/mol. The highest BCUT2D eigenvalue weighted by Gasteiger charge is 2.44. The van der Waals surface area contributed by atoms with E-state index in [0.29, 0.717) is 108 Å². The molecule has 20 heteroatoms. The Kier molecular flexibility index (Phi) is 19.6. The van der Waals surface area contributed by atoms with Crippen molar-refractivity contribution in [1.29, 1.82) is 0 Å². The second-order valence-corrected chi connectivity index (χ2v) is 18.9. The molecule has 6 amide bonds. The summed E-state index contributed by atoms with van der Waals surface area (Å²) in [6.45, 7) is 9.78. The van der Waals surface area contributed by atoms with E-state index in [4.69, 9.17) is 42.9 Å². The van der Waals surface area contributed by atoms with Crippen molar-refractivity contribution in [3.8, 4) is 22.8 Å². The number of imide groups is 2. The fraction of sp³-hybridized carbons (Fsp3) is 0.400. The van der Waals surface area contributed by atoms with Crippen molar-refractivity contribution in [2.24, 2.45) is 0 Å². The summed E-state index contributed by atoms with van der Waals surface area (Å²) in [5.74, 6) is -1.40. The van der Waals surface area contributed by atoms with E-state index in [-0.39, 0.29) is 55.4 Å². The number of hydrogen-bond donors (Lipinski definition) is 2. The molecular formula is C55H61N5O14S. The third kappa shape index (κ3) is 14.7. The Balaban J connectivity index is 0.595. The molecule has 0 spiro atoms. The maximum Gasteiger partial charge on any atom is 0.262 e. The lowest BCUT2D eigenvalue weighted by Crippen LogP contribution is -2.54. The van der Waals surface area contributed by atoms with Crippen LogP contribution in [0.3, 0.4) is 0 Å². The van der Waals surface area contributed by atoms with Crippen LogP contribution in [0.1, 0.15) is 65.5 Å². The highest BCUT2D eigenvalue weighted by Crippen LogP contribution is 2.37. The second-order valence-electron chi connectivity index (χ2n) is 17.7. The van der Waals surface area contributed by atoms with Crippen LogP contribution in [0.15, 0.2) is 84.9 Å². The third-order valence-electron chi connectivity index (χ3n) is 12.4. The first-order chi connectivity index (χ1) is 36.5. The molecule has 3 aliphatic rings. The molecule has 3 aliphatic heterocycles. The number of carbonyl (C=O) groups is 6. The van der Waals surface area contributed by atoms with Gasteiger partial charge in [0, 0.05) is 34.7 Å². The summed E-state index contributed by atoms with van der Waals surface area (Å²) in [4.78, 5) is 84.6. The molecule has 1 aromatic heterocycles. The minimum absolute atomic E-state index is 0.00710. The summed E-state index contributed by atoms with van der Waals surface area (Å²) < 4.78 is 44.9. The zero-order valence-electron chi connectivity index (χ0n) is 42.1. The normalized spacial score (nSPS) is 15.0.